The minimum atomic E-state index is -5.38. The predicted octanol–water partition coefficient (Wildman–Crippen LogP) is 6.34. The van der Waals surface area contributed by atoms with E-state index in [0.717, 1.165) is 64.2 Å². The fraction of sp³-hybridized carbons (Fsp3) is 0.907. The van der Waals surface area contributed by atoms with Crippen molar-refractivity contribution in [1.29, 1.82) is 0 Å². The van der Waals surface area contributed by atoms with Crippen LogP contribution in [0.3, 0.4) is 0 Å². The van der Waals surface area contributed by atoms with Crippen LogP contribution in [0.25, 0.3) is 0 Å². The molecule has 1 rings (SSSR count). The van der Waals surface area contributed by atoms with Crippen LogP contribution >= 0.6 is 15.6 Å². The summed E-state index contributed by atoms with van der Waals surface area (Å²) in [6.45, 7) is 2.92. The summed E-state index contributed by atoms with van der Waals surface area (Å²) in [4.78, 5) is 54.2. The van der Waals surface area contributed by atoms with Crippen LogP contribution in [-0.2, 0) is 41.8 Å². The van der Waals surface area contributed by atoms with Crippen molar-refractivity contribution in [3.05, 3.63) is 12.2 Å². The lowest BCUT2D eigenvalue weighted by Crippen LogP contribution is -2.64. The number of ether oxygens (including phenoxy) is 2. The first-order valence-electron chi connectivity index (χ1n) is 23.4. The number of phosphoric acid groups is 2. The van der Waals surface area contributed by atoms with Crippen LogP contribution in [0.2, 0.25) is 0 Å². The molecule has 63 heavy (non-hydrogen) atoms. The van der Waals surface area contributed by atoms with Crippen LogP contribution < -0.4 is 0 Å². The van der Waals surface area contributed by atoms with Crippen LogP contribution in [-0.4, -0.2) is 125 Å². The molecule has 0 aromatic carbocycles. The molecule has 1 aliphatic rings. The molecule has 1 saturated carbocycles. The van der Waals surface area contributed by atoms with Crippen molar-refractivity contribution in [2.45, 2.75) is 236 Å². The highest BCUT2D eigenvalue weighted by atomic mass is 31.2. The molecule has 1 fully saturated rings. The number of hydrogen-bond acceptors (Lipinski definition) is 15. The quantitative estimate of drug-likeness (QED) is 0.0141. The topological polar surface area (TPSA) is 296 Å². The summed E-state index contributed by atoms with van der Waals surface area (Å²) in [5, 5.41) is 61.7. The molecule has 1 aliphatic carbocycles. The molecule has 0 saturated heterocycles. The van der Waals surface area contributed by atoms with Gasteiger partial charge in [0.15, 0.2) is 6.10 Å². The molecule has 0 bridgehead atoms. The van der Waals surface area contributed by atoms with Crippen LogP contribution in [0.4, 0.5) is 0 Å². The average Bonchev–Trinajstić information content (AvgIpc) is 3.23. The zero-order valence-electron chi connectivity index (χ0n) is 37.7. The summed E-state index contributed by atoms with van der Waals surface area (Å²) >= 11 is 0. The maximum atomic E-state index is 13.0. The maximum Gasteiger partial charge on any atom is 0.472 e. The first kappa shape index (κ1) is 59.7. The second-order valence-electron chi connectivity index (χ2n) is 16.8. The SMILES string of the molecule is CCCCC/C=C\C[C@H](O)[C@@H](O)CCCCCCCC(=O)O[C@H](COC(=O)CCCCCCCCCCCCCCC)COP(=O)(O)O[C@H]1C(O)C(O)C(O)[C@@H](OP(=O)(O)O)C1O. The fourth-order valence-corrected chi connectivity index (χ4v) is 8.76. The standard InChI is InChI=1S/C43H82O18P2/c1-3-5-7-9-11-12-13-14-15-16-17-21-25-29-36(46)57-31-33(32-58-63(55,56)61-43-40(50)38(48)39(49)42(41(43)51)60-62(52,53)54)59-37(47)30-26-22-18-20-24-28-35(45)34(44)27-23-19-10-8-6-4-2/h19,23,33-35,38-45,48-51H,3-18,20-22,24-32H2,1-2H3,(H,55,56)(H2,52,53,54)/b23-19-/t33-,34+,35+,38?,39?,40?,41?,42-,43+/m1/s1. The monoisotopic (exact) mass is 948 g/mol. The Morgan fingerprint density at radius 1 is 0.556 bits per heavy atom. The van der Waals surface area contributed by atoms with Gasteiger partial charge in [0.05, 0.1) is 18.8 Å². The number of carbonyl (C=O) groups is 2. The molecule has 10 atom stereocenters. The third-order valence-electron chi connectivity index (χ3n) is 11.0. The molecule has 372 valence electrons. The van der Waals surface area contributed by atoms with E-state index in [1.165, 1.54) is 51.4 Å². The number of carbonyl (C=O) groups excluding carboxylic acids is 2. The highest BCUT2D eigenvalue weighted by molar-refractivity contribution is 7.47. The van der Waals surface area contributed by atoms with Crippen molar-refractivity contribution in [2.24, 2.45) is 0 Å². The summed E-state index contributed by atoms with van der Waals surface area (Å²) in [6.07, 6.45) is 10.4. The molecule has 0 heterocycles. The lowest BCUT2D eigenvalue weighted by Gasteiger charge is -2.43. The molecule has 20 heteroatoms. The molecule has 9 N–H and O–H groups in total. The van der Waals surface area contributed by atoms with Gasteiger partial charge < -0.3 is 54.8 Å². The molecule has 18 nitrogen and oxygen atoms in total. The second kappa shape index (κ2) is 34.9. The van der Waals surface area contributed by atoms with Crippen molar-refractivity contribution >= 4 is 27.6 Å². The zero-order chi connectivity index (χ0) is 47.1. The number of aliphatic hydroxyl groups is 6. The van der Waals surface area contributed by atoms with Crippen molar-refractivity contribution in [3.63, 3.8) is 0 Å². The van der Waals surface area contributed by atoms with Gasteiger partial charge in [-0.25, -0.2) is 9.13 Å². The molecule has 0 aliphatic heterocycles. The Labute approximate surface area is 375 Å². The summed E-state index contributed by atoms with van der Waals surface area (Å²) < 4.78 is 49.2. The Kier molecular flexibility index (Phi) is 33.1. The van der Waals surface area contributed by atoms with Gasteiger partial charge in [-0.1, -0.05) is 142 Å². The van der Waals surface area contributed by atoms with Crippen LogP contribution in [0.15, 0.2) is 12.2 Å². The minimum Gasteiger partial charge on any atom is -0.462 e. The molecule has 0 radical (unpaired) electrons. The molecule has 0 aromatic rings. The summed E-state index contributed by atoms with van der Waals surface area (Å²) in [5.74, 6) is -1.31. The number of phosphoric ester groups is 2. The molecular formula is C43H82O18P2. The van der Waals surface area contributed by atoms with Crippen LogP contribution in [0, 0.1) is 0 Å². The van der Waals surface area contributed by atoms with E-state index in [9.17, 15) is 54.3 Å². The Morgan fingerprint density at radius 2 is 1.03 bits per heavy atom. The van der Waals surface area contributed by atoms with E-state index < -0.39 is 95.7 Å². The first-order chi connectivity index (χ1) is 29.9. The van der Waals surface area contributed by atoms with Crippen molar-refractivity contribution in [1.82, 2.24) is 0 Å². The number of rotatable bonds is 39. The molecule has 0 spiro atoms. The van der Waals surface area contributed by atoms with E-state index in [1.54, 1.807) is 0 Å². The first-order valence-corrected chi connectivity index (χ1v) is 26.4. The van der Waals surface area contributed by atoms with Crippen molar-refractivity contribution < 1.29 is 87.1 Å². The van der Waals surface area contributed by atoms with Gasteiger partial charge in [0.1, 0.15) is 43.2 Å². The van der Waals surface area contributed by atoms with Gasteiger partial charge in [0.2, 0.25) is 0 Å². The minimum absolute atomic E-state index is 0.0513. The number of aliphatic hydroxyl groups excluding tert-OH is 6. The third kappa shape index (κ3) is 29.1. The smallest absolute Gasteiger partial charge is 0.462 e. The van der Waals surface area contributed by atoms with Crippen LogP contribution in [0.1, 0.15) is 181 Å². The molecule has 5 unspecified atom stereocenters. The third-order valence-corrected chi connectivity index (χ3v) is 12.5. The lowest BCUT2D eigenvalue weighted by atomic mass is 9.85. The summed E-state index contributed by atoms with van der Waals surface area (Å²) in [5.41, 5.74) is 0. The maximum absolute atomic E-state index is 13.0. The van der Waals surface area contributed by atoms with E-state index in [2.05, 4.69) is 18.4 Å². The second-order valence-corrected chi connectivity index (χ2v) is 19.4. The Balaban J connectivity index is 2.65. The van der Waals surface area contributed by atoms with Gasteiger partial charge >= 0.3 is 27.6 Å². The average molecular weight is 949 g/mol. The number of hydrogen-bond donors (Lipinski definition) is 9. The highest BCUT2D eigenvalue weighted by Crippen LogP contribution is 2.49. The number of esters is 2. The summed E-state index contributed by atoms with van der Waals surface area (Å²) in [6, 6.07) is 0. The molecular weight excluding hydrogens is 866 g/mol. The van der Waals surface area contributed by atoms with E-state index in [-0.39, 0.29) is 12.8 Å². The van der Waals surface area contributed by atoms with Gasteiger partial charge in [0, 0.05) is 12.8 Å². The largest absolute Gasteiger partial charge is 0.472 e. The summed E-state index contributed by atoms with van der Waals surface area (Å²) in [7, 11) is -10.7. The van der Waals surface area contributed by atoms with Crippen LogP contribution in [0.5, 0.6) is 0 Å². The van der Waals surface area contributed by atoms with Gasteiger partial charge in [-0.15, -0.1) is 0 Å². The zero-order valence-corrected chi connectivity index (χ0v) is 39.5. The van der Waals surface area contributed by atoms with Gasteiger partial charge in [-0.05, 0) is 38.5 Å². The van der Waals surface area contributed by atoms with Gasteiger partial charge in [-0.2, -0.15) is 0 Å². The predicted molar refractivity (Wildman–Crippen MR) is 235 cm³/mol. The van der Waals surface area contributed by atoms with E-state index in [1.807, 2.05) is 12.2 Å². The lowest BCUT2D eigenvalue weighted by molar-refractivity contribution is -0.216. The molecule has 0 amide bonds. The Bertz CT molecular complexity index is 1320. The number of unbranched alkanes of at least 4 members (excludes halogenated alkanes) is 19. The highest BCUT2D eigenvalue weighted by Gasteiger charge is 2.54. The Morgan fingerprint density at radius 3 is 1.57 bits per heavy atom. The number of allylic oxidation sites excluding steroid dienone is 1. The van der Waals surface area contributed by atoms with E-state index >= 15 is 0 Å². The Hall–Kier alpha value is -1.34. The van der Waals surface area contributed by atoms with E-state index in [4.69, 9.17) is 28.3 Å². The normalized spacial score (nSPS) is 23.0. The van der Waals surface area contributed by atoms with Crippen molar-refractivity contribution in [2.75, 3.05) is 13.2 Å². The van der Waals surface area contributed by atoms with Gasteiger partial charge in [0.25, 0.3) is 0 Å². The van der Waals surface area contributed by atoms with E-state index in [0.29, 0.717) is 38.5 Å². The fourth-order valence-electron chi connectivity index (χ4n) is 7.23. The molecule has 0 aromatic heterocycles. The van der Waals surface area contributed by atoms with Gasteiger partial charge in [-0.3, -0.25) is 23.2 Å². The van der Waals surface area contributed by atoms with Crippen molar-refractivity contribution in [3.8, 4) is 0 Å².